The van der Waals surface area contributed by atoms with Crippen molar-refractivity contribution in [3.8, 4) is 0 Å². The van der Waals surface area contributed by atoms with Crippen LogP contribution in [0.2, 0.25) is 0 Å². The number of nitrogens with zero attached hydrogens (tertiary/aromatic N) is 1. The quantitative estimate of drug-likeness (QED) is 0.741. The van der Waals surface area contributed by atoms with Crippen LogP contribution in [-0.2, 0) is 14.3 Å². The number of carboxylic acid groups (broad SMARTS) is 1. The molecule has 0 aromatic rings. The SMILES string of the molecule is COC(=O)C(NC(=O)N1CCC(C)C1C(=O)O)C(C)C. The van der Waals surface area contributed by atoms with Gasteiger partial charge in [-0.25, -0.2) is 14.4 Å². The van der Waals surface area contributed by atoms with Crippen molar-refractivity contribution in [1.29, 1.82) is 0 Å². The highest BCUT2D eigenvalue weighted by atomic mass is 16.5. The van der Waals surface area contributed by atoms with E-state index in [-0.39, 0.29) is 11.8 Å². The van der Waals surface area contributed by atoms with Crippen LogP contribution >= 0.6 is 0 Å². The number of likely N-dealkylation sites (tertiary alicyclic amines) is 1. The van der Waals surface area contributed by atoms with Crippen molar-refractivity contribution < 1.29 is 24.2 Å². The molecular weight excluding hydrogens is 264 g/mol. The molecule has 1 saturated heterocycles. The first kappa shape index (κ1) is 16.3. The molecule has 1 aliphatic heterocycles. The molecule has 20 heavy (non-hydrogen) atoms. The number of nitrogens with one attached hydrogen (secondary N) is 1. The maximum atomic E-state index is 12.2. The molecule has 2 amide bonds. The van der Waals surface area contributed by atoms with Crippen LogP contribution in [0, 0.1) is 11.8 Å². The van der Waals surface area contributed by atoms with Gasteiger partial charge >= 0.3 is 18.0 Å². The minimum Gasteiger partial charge on any atom is -0.480 e. The number of carboxylic acids is 1. The molecule has 1 heterocycles. The summed E-state index contributed by atoms with van der Waals surface area (Å²) < 4.78 is 4.64. The van der Waals surface area contributed by atoms with Crippen LogP contribution in [0.1, 0.15) is 27.2 Å². The molecule has 0 aromatic heterocycles. The van der Waals surface area contributed by atoms with E-state index in [1.807, 2.05) is 0 Å². The first-order chi connectivity index (χ1) is 9.29. The number of aliphatic carboxylic acids is 1. The molecule has 1 fully saturated rings. The van der Waals surface area contributed by atoms with Gasteiger partial charge in [0, 0.05) is 6.54 Å². The molecule has 0 spiro atoms. The van der Waals surface area contributed by atoms with Gasteiger partial charge < -0.3 is 20.1 Å². The molecule has 7 nitrogen and oxygen atoms in total. The third-order valence-corrected chi connectivity index (χ3v) is 3.61. The maximum Gasteiger partial charge on any atom is 0.328 e. The number of amides is 2. The lowest BCUT2D eigenvalue weighted by atomic mass is 10.0. The lowest BCUT2D eigenvalue weighted by Gasteiger charge is -2.27. The van der Waals surface area contributed by atoms with Gasteiger partial charge in [0.1, 0.15) is 12.1 Å². The Morgan fingerprint density at radius 2 is 1.95 bits per heavy atom. The minimum atomic E-state index is -1.02. The van der Waals surface area contributed by atoms with Gasteiger partial charge in [0.05, 0.1) is 7.11 Å². The summed E-state index contributed by atoms with van der Waals surface area (Å²) >= 11 is 0. The van der Waals surface area contributed by atoms with E-state index in [1.54, 1.807) is 20.8 Å². The summed E-state index contributed by atoms with van der Waals surface area (Å²) in [6.07, 6.45) is 0.634. The Balaban J connectivity index is 2.79. The van der Waals surface area contributed by atoms with Crippen molar-refractivity contribution in [2.45, 2.75) is 39.3 Å². The molecule has 7 heteroatoms. The number of hydrogen-bond donors (Lipinski definition) is 2. The van der Waals surface area contributed by atoms with Crippen molar-refractivity contribution >= 4 is 18.0 Å². The molecule has 114 valence electrons. The predicted octanol–water partition coefficient (Wildman–Crippen LogP) is 0.689. The van der Waals surface area contributed by atoms with Crippen molar-refractivity contribution in [1.82, 2.24) is 10.2 Å². The fourth-order valence-electron chi connectivity index (χ4n) is 2.39. The van der Waals surface area contributed by atoms with Crippen LogP contribution in [0.25, 0.3) is 0 Å². The van der Waals surface area contributed by atoms with Crippen LogP contribution in [0.15, 0.2) is 0 Å². The van der Waals surface area contributed by atoms with Crippen molar-refractivity contribution in [2.75, 3.05) is 13.7 Å². The highest BCUT2D eigenvalue weighted by molar-refractivity contribution is 5.87. The summed E-state index contributed by atoms with van der Waals surface area (Å²) in [5.41, 5.74) is 0. The average Bonchev–Trinajstić information content (AvgIpc) is 2.76. The minimum absolute atomic E-state index is 0.103. The Labute approximate surface area is 118 Å². The second-order valence-corrected chi connectivity index (χ2v) is 5.44. The Kier molecular flexibility index (Phi) is 5.35. The molecule has 0 saturated carbocycles. The molecular formula is C13H22N2O5. The lowest BCUT2D eigenvalue weighted by molar-refractivity contribution is -0.144. The molecule has 1 rings (SSSR count). The van der Waals surface area contributed by atoms with Crippen LogP contribution in [0.4, 0.5) is 4.79 Å². The molecule has 3 atom stereocenters. The van der Waals surface area contributed by atoms with E-state index >= 15 is 0 Å². The van der Waals surface area contributed by atoms with Gasteiger partial charge in [0.25, 0.3) is 0 Å². The summed E-state index contributed by atoms with van der Waals surface area (Å²) in [5, 5.41) is 11.8. The largest absolute Gasteiger partial charge is 0.480 e. The Bertz CT molecular complexity index is 396. The normalized spacial score (nSPS) is 23.6. The third kappa shape index (κ3) is 3.40. The van der Waals surface area contributed by atoms with Gasteiger partial charge in [-0.3, -0.25) is 0 Å². The molecule has 2 N–H and O–H groups in total. The van der Waals surface area contributed by atoms with Crippen LogP contribution in [0.3, 0.4) is 0 Å². The van der Waals surface area contributed by atoms with E-state index in [4.69, 9.17) is 0 Å². The van der Waals surface area contributed by atoms with Crippen LogP contribution in [-0.4, -0.2) is 53.7 Å². The standard InChI is InChI=1S/C13H22N2O5/c1-7(2)9(12(18)20-4)14-13(19)15-6-5-8(3)10(15)11(16)17/h7-10H,5-6H2,1-4H3,(H,14,19)(H,16,17). The number of esters is 1. The molecule has 0 radical (unpaired) electrons. The zero-order valence-electron chi connectivity index (χ0n) is 12.3. The van der Waals surface area contributed by atoms with Gasteiger partial charge in [-0.1, -0.05) is 20.8 Å². The van der Waals surface area contributed by atoms with Crippen molar-refractivity contribution in [3.63, 3.8) is 0 Å². The van der Waals surface area contributed by atoms with Crippen LogP contribution < -0.4 is 5.32 Å². The second-order valence-electron chi connectivity index (χ2n) is 5.44. The van der Waals surface area contributed by atoms with E-state index in [2.05, 4.69) is 10.1 Å². The molecule has 0 aromatic carbocycles. The number of carbonyl (C=O) groups is 3. The Morgan fingerprint density at radius 3 is 2.40 bits per heavy atom. The number of hydrogen-bond acceptors (Lipinski definition) is 4. The number of rotatable bonds is 4. The van der Waals surface area contributed by atoms with Gasteiger partial charge in [0.2, 0.25) is 0 Å². The number of urea groups is 1. The lowest BCUT2D eigenvalue weighted by Crippen LogP contribution is -2.53. The van der Waals surface area contributed by atoms with Gasteiger partial charge in [0.15, 0.2) is 0 Å². The van der Waals surface area contributed by atoms with Gasteiger partial charge in [-0.05, 0) is 18.3 Å². The zero-order chi connectivity index (χ0) is 15.4. The maximum absolute atomic E-state index is 12.2. The molecule has 3 unspecified atom stereocenters. The first-order valence-corrected chi connectivity index (χ1v) is 6.67. The smallest absolute Gasteiger partial charge is 0.328 e. The first-order valence-electron chi connectivity index (χ1n) is 6.67. The monoisotopic (exact) mass is 286 g/mol. The predicted molar refractivity (Wildman–Crippen MR) is 71.1 cm³/mol. The van der Waals surface area contributed by atoms with E-state index in [0.29, 0.717) is 13.0 Å². The van der Waals surface area contributed by atoms with E-state index < -0.39 is 30.1 Å². The van der Waals surface area contributed by atoms with Crippen molar-refractivity contribution in [2.24, 2.45) is 11.8 Å². The average molecular weight is 286 g/mol. The number of methoxy groups -OCH3 is 1. The summed E-state index contributed by atoms with van der Waals surface area (Å²) in [6, 6.07) is -2.16. The number of ether oxygens (including phenoxy) is 1. The van der Waals surface area contributed by atoms with Crippen molar-refractivity contribution in [3.05, 3.63) is 0 Å². The topological polar surface area (TPSA) is 95.9 Å². The van der Waals surface area contributed by atoms with Crippen LogP contribution in [0.5, 0.6) is 0 Å². The highest BCUT2D eigenvalue weighted by Gasteiger charge is 2.40. The van der Waals surface area contributed by atoms with E-state index in [1.165, 1.54) is 12.0 Å². The summed E-state index contributed by atoms with van der Waals surface area (Å²) in [5.74, 6) is -1.81. The highest BCUT2D eigenvalue weighted by Crippen LogP contribution is 2.24. The Morgan fingerprint density at radius 1 is 1.35 bits per heavy atom. The Hall–Kier alpha value is -1.79. The fraction of sp³-hybridized carbons (Fsp3) is 0.769. The second kappa shape index (κ2) is 6.58. The zero-order valence-corrected chi connectivity index (χ0v) is 12.3. The third-order valence-electron chi connectivity index (χ3n) is 3.61. The molecule has 0 aliphatic carbocycles. The summed E-state index contributed by atoms with van der Waals surface area (Å²) in [7, 11) is 1.25. The summed E-state index contributed by atoms with van der Waals surface area (Å²) in [4.78, 5) is 36.3. The summed E-state index contributed by atoms with van der Waals surface area (Å²) in [6.45, 7) is 5.73. The van der Waals surface area contributed by atoms with E-state index in [9.17, 15) is 19.5 Å². The van der Waals surface area contributed by atoms with Gasteiger partial charge in [-0.15, -0.1) is 0 Å². The molecule has 0 bridgehead atoms. The molecule has 1 aliphatic rings. The van der Waals surface area contributed by atoms with E-state index in [0.717, 1.165) is 0 Å². The number of carbonyl (C=O) groups excluding carboxylic acids is 2. The fourth-order valence-corrected chi connectivity index (χ4v) is 2.39. The van der Waals surface area contributed by atoms with Gasteiger partial charge in [-0.2, -0.15) is 0 Å².